The lowest BCUT2D eigenvalue weighted by atomic mass is 10.3. The summed E-state index contributed by atoms with van der Waals surface area (Å²) < 4.78 is 1.65. The van der Waals surface area contributed by atoms with Gasteiger partial charge in [0, 0.05) is 7.05 Å². The molecule has 0 aliphatic carbocycles. The molecule has 8 heteroatoms. The van der Waals surface area contributed by atoms with Crippen LogP contribution in [0.25, 0.3) is 0 Å². The van der Waals surface area contributed by atoms with Crippen molar-refractivity contribution in [1.82, 2.24) is 25.1 Å². The van der Waals surface area contributed by atoms with Crippen molar-refractivity contribution in [1.29, 1.82) is 0 Å². The average molecular weight is 252 g/mol. The minimum Gasteiger partial charge on any atom is -0.374 e. The van der Waals surface area contributed by atoms with Gasteiger partial charge < -0.3 is 15.6 Å². The van der Waals surface area contributed by atoms with Crippen LogP contribution in [0.15, 0.2) is 12.5 Å². The summed E-state index contributed by atoms with van der Waals surface area (Å²) in [6.07, 6.45) is 3.08. The van der Waals surface area contributed by atoms with Crippen LogP contribution in [0.4, 0.5) is 5.13 Å². The van der Waals surface area contributed by atoms with Crippen molar-refractivity contribution < 1.29 is 4.79 Å². The predicted molar refractivity (Wildman–Crippen MR) is 63.4 cm³/mol. The van der Waals surface area contributed by atoms with Gasteiger partial charge in [0.25, 0.3) is 5.91 Å². The summed E-state index contributed by atoms with van der Waals surface area (Å²) in [6, 6.07) is -0.229. The van der Waals surface area contributed by atoms with Gasteiger partial charge in [-0.3, -0.25) is 4.79 Å². The molecule has 1 atom stereocenters. The summed E-state index contributed by atoms with van der Waals surface area (Å²) >= 11 is 1.26. The monoisotopic (exact) mass is 252 g/mol. The average Bonchev–Trinajstić information content (AvgIpc) is 2.86. The first kappa shape index (κ1) is 11.5. The second kappa shape index (κ2) is 4.50. The standard InChI is InChI=1S/C9H12N6OS/c1-5(8-13-14-9(10)17-8)12-7(16)6-3-11-4-15(6)2/h3-5H,1-2H3,(H2,10,14)(H,12,16)/t5-/m0/s1. The first-order valence-corrected chi connectivity index (χ1v) is 5.75. The molecule has 0 aliphatic heterocycles. The topological polar surface area (TPSA) is 98.7 Å². The Kier molecular flexibility index (Phi) is 3.05. The molecule has 2 rings (SSSR count). The highest BCUT2D eigenvalue weighted by Crippen LogP contribution is 2.19. The smallest absolute Gasteiger partial charge is 0.270 e. The maximum atomic E-state index is 11.9. The number of nitrogens with zero attached hydrogens (tertiary/aromatic N) is 4. The zero-order chi connectivity index (χ0) is 12.4. The lowest BCUT2D eigenvalue weighted by molar-refractivity contribution is 0.0931. The Morgan fingerprint density at radius 3 is 2.88 bits per heavy atom. The van der Waals surface area contributed by atoms with Gasteiger partial charge in [0.15, 0.2) is 0 Å². The van der Waals surface area contributed by atoms with Gasteiger partial charge in [-0.1, -0.05) is 11.3 Å². The molecule has 3 N–H and O–H groups in total. The lowest BCUT2D eigenvalue weighted by Gasteiger charge is -2.10. The molecule has 90 valence electrons. The molecule has 0 aliphatic rings. The summed E-state index contributed by atoms with van der Waals surface area (Å²) in [6.45, 7) is 1.83. The number of aromatic nitrogens is 4. The number of amides is 1. The van der Waals surface area contributed by atoms with Crippen LogP contribution in [0.2, 0.25) is 0 Å². The van der Waals surface area contributed by atoms with E-state index in [1.807, 2.05) is 6.92 Å². The Bertz CT molecular complexity index is 533. The van der Waals surface area contributed by atoms with E-state index in [9.17, 15) is 4.79 Å². The van der Waals surface area contributed by atoms with Gasteiger partial charge in [-0.2, -0.15) is 0 Å². The molecule has 1 amide bonds. The van der Waals surface area contributed by atoms with E-state index in [1.165, 1.54) is 17.5 Å². The van der Waals surface area contributed by atoms with Gasteiger partial charge in [-0.05, 0) is 6.92 Å². The second-order valence-electron chi connectivity index (χ2n) is 3.56. The number of anilines is 1. The SMILES string of the molecule is C[C@H](NC(=O)c1cncn1C)c1nnc(N)s1. The largest absolute Gasteiger partial charge is 0.374 e. The van der Waals surface area contributed by atoms with Crippen LogP contribution in [0.3, 0.4) is 0 Å². The number of aryl methyl sites for hydroxylation is 1. The summed E-state index contributed by atoms with van der Waals surface area (Å²) in [5, 5.41) is 11.5. The van der Waals surface area contributed by atoms with Crippen molar-refractivity contribution in [2.24, 2.45) is 7.05 Å². The minimum absolute atomic E-state index is 0.203. The van der Waals surface area contributed by atoms with Gasteiger partial charge in [0.05, 0.1) is 18.6 Å². The molecular weight excluding hydrogens is 240 g/mol. The minimum atomic E-state index is -0.229. The summed E-state index contributed by atoms with van der Waals surface area (Å²) in [5.74, 6) is -0.203. The number of nitrogens with two attached hydrogens (primary N) is 1. The summed E-state index contributed by atoms with van der Waals surface area (Å²) in [7, 11) is 1.76. The Morgan fingerprint density at radius 1 is 1.59 bits per heavy atom. The molecule has 0 radical (unpaired) electrons. The lowest BCUT2D eigenvalue weighted by Crippen LogP contribution is -2.28. The molecule has 0 aromatic carbocycles. The molecule has 17 heavy (non-hydrogen) atoms. The number of carbonyl (C=O) groups is 1. The van der Waals surface area contributed by atoms with E-state index in [-0.39, 0.29) is 11.9 Å². The third kappa shape index (κ3) is 2.41. The fourth-order valence-corrected chi connectivity index (χ4v) is 1.94. The molecule has 2 heterocycles. The van der Waals surface area contributed by atoms with Crippen LogP contribution in [0, 0.1) is 0 Å². The number of carbonyl (C=O) groups excluding carboxylic acids is 1. The molecular formula is C9H12N6OS. The van der Waals surface area contributed by atoms with E-state index in [1.54, 1.807) is 17.9 Å². The van der Waals surface area contributed by atoms with Gasteiger partial charge in [-0.15, -0.1) is 10.2 Å². The van der Waals surface area contributed by atoms with Gasteiger partial charge in [-0.25, -0.2) is 4.98 Å². The van der Waals surface area contributed by atoms with E-state index in [4.69, 9.17) is 5.73 Å². The van der Waals surface area contributed by atoms with Crippen molar-refractivity contribution >= 4 is 22.4 Å². The normalized spacial score (nSPS) is 12.4. The fraction of sp³-hybridized carbons (Fsp3) is 0.333. The van der Waals surface area contributed by atoms with Crippen LogP contribution < -0.4 is 11.1 Å². The Balaban J connectivity index is 2.07. The highest BCUT2D eigenvalue weighted by molar-refractivity contribution is 7.15. The maximum absolute atomic E-state index is 11.9. The van der Waals surface area contributed by atoms with E-state index in [2.05, 4.69) is 20.5 Å². The second-order valence-corrected chi connectivity index (χ2v) is 4.60. The zero-order valence-electron chi connectivity index (χ0n) is 9.41. The maximum Gasteiger partial charge on any atom is 0.270 e. The highest BCUT2D eigenvalue weighted by atomic mass is 32.1. The summed E-state index contributed by atoms with van der Waals surface area (Å²) in [5.41, 5.74) is 5.98. The molecule has 0 saturated carbocycles. The quantitative estimate of drug-likeness (QED) is 0.821. The molecule has 7 nitrogen and oxygen atoms in total. The molecule has 0 spiro atoms. The number of nitrogen functional groups attached to an aromatic ring is 1. The number of hydrogen-bond donors (Lipinski definition) is 2. The first-order chi connectivity index (χ1) is 8.08. The number of nitrogens with one attached hydrogen (secondary N) is 1. The van der Waals surface area contributed by atoms with Crippen molar-refractivity contribution in [3.05, 3.63) is 23.2 Å². The van der Waals surface area contributed by atoms with Crippen LogP contribution in [0.1, 0.15) is 28.5 Å². The van der Waals surface area contributed by atoms with Gasteiger partial charge in [0.1, 0.15) is 10.7 Å². The third-order valence-corrected chi connectivity index (χ3v) is 3.16. The number of rotatable bonds is 3. The van der Waals surface area contributed by atoms with Crippen molar-refractivity contribution in [3.8, 4) is 0 Å². The predicted octanol–water partition coefficient (Wildman–Crippen LogP) is 0.345. The Labute approximate surface area is 102 Å². The zero-order valence-corrected chi connectivity index (χ0v) is 10.2. The molecule has 0 bridgehead atoms. The molecule has 2 aromatic heterocycles. The van der Waals surface area contributed by atoms with E-state index >= 15 is 0 Å². The van der Waals surface area contributed by atoms with Crippen LogP contribution in [0.5, 0.6) is 0 Å². The fourth-order valence-electron chi connectivity index (χ4n) is 1.33. The summed E-state index contributed by atoms with van der Waals surface area (Å²) in [4.78, 5) is 15.8. The van der Waals surface area contributed by atoms with E-state index < -0.39 is 0 Å². The Hall–Kier alpha value is -1.96. The number of imidazole rings is 1. The third-order valence-electron chi connectivity index (χ3n) is 2.22. The van der Waals surface area contributed by atoms with E-state index in [0.717, 1.165) is 0 Å². The van der Waals surface area contributed by atoms with Crippen LogP contribution >= 0.6 is 11.3 Å². The molecule has 2 aromatic rings. The van der Waals surface area contributed by atoms with Crippen molar-refractivity contribution in [2.45, 2.75) is 13.0 Å². The molecule has 0 saturated heterocycles. The van der Waals surface area contributed by atoms with Crippen molar-refractivity contribution in [2.75, 3.05) is 5.73 Å². The first-order valence-electron chi connectivity index (χ1n) is 4.94. The van der Waals surface area contributed by atoms with Crippen molar-refractivity contribution in [3.63, 3.8) is 0 Å². The highest BCUT2D eigenvalue weighted by Gasteiger charge is 2.16. The molecule has 0 fully saturated rings. The van der Waals surface area contributed by atoms with Crippen LogP contribution in [-0.2, 0) is 7.05 Å². The van der Waals surface area contributed by atoms with Gasteiger partial charge in [0.2, 0.25) is 5.13 Å². The number of hydrogen-bond acceptors (Lipinski definition) is 6. The Morgan fingerprint density at radius 2 is 2.35 bits per heavy atom. The van der Waals surface area contributed by atoms with E-state index in [0.29, 0.717) is 15.8 Å². The molecule has 0 unspecified atom stereocenters. The van der Waals surface area contributed by atoms with Crippen LogP contribution in [-0.4, -0.2) is 25.7 Å². The van der Waals surface area contributed by atoms with Gasteiger partial charge >= 0.3 is 0 Å².